The summed E-state index contributed by atoms with van der Waals surface area (Å²) in [5, 5.41) is 5.02. The highest BCUT2D eigenvalue weighted by atomic mass is 32.2. The van der Waals surface area contributed by atoms with E-state index in [9.17, 15) is 13.2 Å². The minimum Gasteiger partial charge on any atom is -0.341 e. The highest BCUT2D eigenvalue weighted by Gasteiger charge is 2.13. The molecule has 0 radical (unpaired) electrons. The Morgan fingerprint density at radius 2 is 1.45 bits per heavy atom. The van der Waals surface area contributed by atoms with E-state index in [0.717, 1.165) is 5.56 Å². The van der Waals surface area contributed by atoms with Crippen LogP contribution in [0.5, 0.6) is 0 Å². The van der Waals surface area contributed by atoms with Crippen LogP contribution < -0.4 is 15.4 Å². The molecule has 2 amide bonds. The summed E-state index contributed by atoms with van der Waals surface area (Å²) in [6.45, 7) is 1.89. The van der Waals surface area contributed by atoms with E-state index in [4.69, 9.17) is 0 Å². The molecule has 0 heterocycles. The fraction of sp³-hybridized carbons (Fsp3) is 0.133. The molecule has 0 aliphatic heterocycles. The van der Waals surface area contributed by atoms with Gasteiger partial charge in [-0.15, -0.1) is 0 Å². The second-order valence-corrected chi connectivity index (χ2v) is 6.38. The lowest BCUT2D eigenvalue weighted by molar-refractivity contribution is 0.254. The number of benzene rings is 2. The number of aryl methyl sites for hydroxylation is 1. The van der Waals surface area contributed by atoms with E-state index in [-0.39, 0.29) is 10.9 Å². The number of nitrogens with one attached hydrogen (secondary N) is 3. The number of hydrogen-bond acceptors (Lipinski definition) is 3. The van der Waals surface area contributed by atoms with Crippen molar-refractivity contribution >= 4 is 27.4 Å². The van der Waals surface area contributed by atoms with Gasteiger partial charge in [-0.05, 0) is 43.3 Å². The van der Waals surface area contributed by atoms with Crippen LogP contribution in [-0.4, -0.2) is 21.5 Å². The van der Waals surface area contributed by atoms with Crippen molar-refractivity contribution < 1.29 is 13.2 Å². The molecule has 6 nitrogen and oxygen atoms in total. The number of amides is 2. The van der Waals surface area contributed by atoms with Crippen molar-refractivity contribution in [2.45, 2.75) is 11.8 Å². The van der Waals surface area contributed by atoms with E-state index in [2.05, 4.69) is 15.4 Å². The lowest BCUT2D eigenvalue weighted by atomic mass is 10.2. The monoisotopic (exact) mass is 319 g/mol. The first-order valence-electron chi connectivity index (χ1n) is 6.59. The van der Waals surface area contributed by atoms with E-state index in [1.54, 1.807) is 48.5 Å². The van der Waals surface area contributed by atoms with Crippen LogP contribution in [0.3, 0.4) is 0 Å². The normalized spacial score (nSPS) is 10.8. The van der Waals surface area contributed by atoms with Gasteiger partial charge in [0.05, 0.1) is 4.90 Å². The first-order chi connectivity index (χ1) is 10.4. The van der Waals surface area contributed by atoms with Crippen LogP contribution in [0.1, 0.15) is 5.56 Å². The summed E-state index contributed by atoms with van der Waals surface area (Å²) in [5.74, 6) is 0. The molecule has 0 fully saturated rings. The maximum Gasteiger partial charge on any atom is 0.318 e. The summed E-state index contributed by atoms with van der Waals surface area (Å²) in [4.78, 5) is 11.4. The summed E-state index contributed by atoms with van der Waals surface area (Å²) in [7, 11) is -2.11. The second kappa shape index (κ2) is 6.48. The van der Waals surface area contributed by atoms with Crippen LogP contribution in [0.4, 0.5) is 16.2 Å². The number of sulfonamides is 1. The molecule has 0 aromatic heterocycles. The molecule has 22 heavy (non-hydrogen) atoms. The van der Waals surface area contributed by atoms with Crippen LogP contribution in [0.15, 0.2) is 53.4 Å². The Morgan fingerprint density at radius 1 is 0.909 bits per heavy atom. The van der Waals surface area contributed by atoms with Crippen molar-refractivity contribution in [3.63, 3.8) is 0 Å². The van der Waals surface area contributed by atoms with Gasteiger partial charge in [-0.2, -0.15) is 0 Å². The molecule has 0 bridgehead atoms. The number of urea groups is 1. The van der Waals surface area contributed by atoms with Crippen molar-refractivity contribution in [2.24, 2.45) is 0 Å². The first kappa shape index (κ1) is 15.8. The van der Waals surface area contributed by atoms with Gasteiger partial charge >= 0.3 is 6.03 Å². The minimum atomic E-state index is -3.62. The molecule has 0 aliphatic rings. The summed E-state index contributed by atoms with van der Waals surface area (Å²) in [6, 6.07) is 12.6. The van der Waals surface area contributed by atoms with Crippen molar-refractivity contribution in [2.75, 3.05) is 17.1 Å². The average Bonchev–Trinajstić information content (AvgIpc) is 2.49. The van der Waals surface area contributed by atoms with Gasteiger partial charge in [0.2, 0.25) is 0 Å². The molecule has 0 spiro atoms. The van der Waals surface area contributed by atoms with Crippen LogP contribution >= 0.6 is 0 Å². The van der Waals surface area contributed by atoms with Gasteiger partial charge in [-0.25, -0.2) is 13.2 Å². The third kappa shape index (κ3) is 3.98. The van der Waals surface area contributed by atoms with Crippen LogP contribution in [0, 0.1) is 6.92 Å². The molecular formula is C15H17N3O3S. The van der Waals surface area contributed by atoms with E-state index >= 15 is 0 Å². The largest absolute Gasteiger partial charge is 0.341 e. The second-order valence-electron chi connectivity index (χ2n) is 4.70. The van der Waals surface area contributed by atoms with E-state index in [0.29, 0.717) is 11.4 Å². The molecule has 0 aliphatic carbocycles. The third-order valence-electron chi connectivity index (χ3n) is 2.95. The van der Waals surface area contributed by atoms with E-state index < -0.39 is 10.0 Å². The molecule has 7 heteroatoms. The smallest absolute Gasteiger partial charge is 0.318 e. The Balaban J connectivity index is 2.13. The molecule has 3 N–H and O–H groups in total. The lowest BCUT2D eigenvalue weighted by Gasteiger charge is -2.09. The highest BCUT2D eigenvalue weighted by molar-refractivity contribution is 7.92. The maximum absolute atomic E-state index is 12.2. The van der Waals surface area contributed by atoms with E-state index in [1.807, 2.05) is 6.92 Å². The zero-order valence-corrected chi connectivity index (χ0v) is 13.1. The SMILES string of the molecule is CNC(=O)Nc1ccc(NS(=O)(=O)c2ccc(C)cc2)cc1. The zero-order chi connectivity index (χ0) is 16.2. The van der Waals surface area contributed by atoms with Gasteiger partial charge in [0.15, 0.2) is 0 Å². The van der Waals surface area contributed by atoms with Crippen molar-refractivity contribution in [3.05, 3.63) is 54.1 Å². The Labute approximate surface area is 129 Å². The fourth-order valence-corrected chi connectivity index (χ4v) is 2.81. The van der Waals surface area contributed by atoms with Crippen molar-refractivity contribution in [1.29, 1.82) is 0 Å². The third-order valence-corrected chi connectivity index (χ3v) is 4.35. The predicted octanol–water partition coefficient (Wildman–Crippen LogP) is 2.55. The van der Waals surface area contributed by atoms with Crippen molar-refractivity contribution in [1.82, 2.24) is 5.32 Å². The summed E-state index contributed by atoms with van der Waals surface area (Å²) >= 11 is 0. The van der Waals surface area contributed by atoms with E-state index in [1.165, 1.54) is 7.05 Å². The molecule has 0 saturated heterocycles. The Morgan fingerprint density at radius 3 is 2.00 bits per heavy atom. The zero-order valence-electron chi connectivity index (χ0n) is 12.3. The Kier molecular flexibility index (Phi) is 4.67. The molecular weight excluding hydrogens is 302 g/mol. The predicted molar refractivity (Wildman–Crippen MR) is 86.5 cm³/mol. The van der Waals surface area contributed by atoms with Gasteiger partial charge in [0.25, 0.3) is 10.0 Å². The molecule has 116 valence electrons. The van der Waals surface area contributed by atoms with Crippen LogP contribution in [0.25, 0.3) is 0 Å². The molecule has 2 aromatic carbocycles. The molecule has 0 saturated carbocycles. The minimum absolute atomic E-state index is 0.200. The molecule has 2 aromatic rings. The quantitative estimate of drug-likeness (QED) is 0.809. The Bertz CT molecular complexity index is 754. The van der Waals surface area contributed by atoms with Gasteiger partial charge in [-0.3, -0.25) is 4.72 Å². The highest BCUT2D eigenvalue weighted by Crippen LogP contribution is 2.18. The lowest BCUT2D eigenvalue weighted by Crippen LogP contribution is -2.24. The average molecular weight is 319 g/mol. The van der Waals surface area contributed by atoms with Gasteiger partial charge in [-0.1, -0.05) is 17.7 Å². The number of hydrogen-bond donors (Lipinski definition) is 3. The first-order valence-corrected chi connectivity index (χ1v) is 8.07. The standard InChI is InChI=1S/C15H17N3O3S/c1-11-3-9-14(10-4-11)22(20,21)18-13-7-5-12(6-8-13)17-15(19)16-2/h3-10,18H,1-2H3,(H2,16,17,19). The number of rotatable bonds is 4. The topological polar surface area (TPSA) is 87.3 Å². The summed E-state index contributed by atoms with van der Waals surface area (Å²) in [6.07, 6.45) is 0. The number of carbonyl (C=O) groups is 1. The summed E-state index contributed by atoms with van der Waals surface area (Å²) in [5.41, 5.74) is 1.98. The van der Waals surface area contributed by atoms with Gasteiger partial charge in [0.1, 0.15) is 0 Å². The molecule has 2 rings (SSSR count). The number of carbonyl (C=O) groups excluding carboxylic acids is 1. The summed E-state index contributed by atoms with van der Waals surface area (Å²) < 4.78 is 27.0. The van der Waals surface area contributed by atoms with Gasteiger partial charge in [0, 0.05) is 18.4 Å². The maximum atomic E-state index is 12.2. The number of anilines is 2. The molecule has 0 unspecified atom stereocenters. The van der Waals surface area contributed by atoms with Crippen molar-refractivity contribution in [3.8, 4) is 0 Å². The molecule has 0 atom stereocenters. The van der Waals surface area contributed by atoms with Crippen LogP contribution in [0.2, 0.25) is 0 Å². The Hall–Kier alpha value is -2.54. The van der Waals surface area contributed by atoms with Gasteiger partial charge < -0.3 is 10.6 Å². The van der Waals surface area contributed by atoms with Crippen LogP contribution in [-0.2, 0) is 10.0 Å². The fourth-order valence-electron chi connectivity index (χ4n) is 1.75.